The van der Waals surface area contributed by atoms with Crippen molar-refractivity contribution in [3.8, 4) is 0 Å². The Hall–Kier alpha value is -2.14. The van der Waals surface area contributed by atoms with Crippen molar-refractivity contribution in [1.29, 1.82) is 0 Å². The molecule has 2 aliphatic rings. The summed E-state index contributed by atoms with van der Waals surface area (Å²) in [6.07, 6.45) is 4.98. The smallest absolute Gasteiger partial charge is 0.341 e. The number of thiophene rings is 1. The van der Waals surface area contributed by atoms with Gasteiger partial charge in [0.05, 0.1) is 12.2 Å². The van der Waals surface area contributed by atoms with Gasteiger partial charge >= 0.3 is 5.97 Å². The Labute approximate surface area is 157 Å². The van der Waals surface area contributed by atoms with Gasteiger partial charge in [0.25, 0.3) is 0 Å². The lowest BCUT2D eigenvalue weighted by atomic mass is 9.95. The Kier molecular flexibility index (Phi) is 4.81. The summed E-state index contributed by atoms with van der Waals surface area (Å²) in [5, 5.41) is 3.73. The molecular formula is C21H23NO3S. The van der Waals surface area contributed by atoms with E-state index in [0.717, 1.165) is 37.7 Å². The summed E-state index contributed by atoms with van der Waals surface area (Å²) in [4.78, 5) is 26.5. The normalized spacial score (nSPS) is 21.0. The molecule has 1 aromatic heterocycles. The number of rotatable bonds is 5. The van der Waals surface area contributed by atoms with E-state index < -0.39 is 0 Å². The van der Waals surface area contributed by atoms with Crippen molar-refractivity contribution in [2.75, 3.05) is 11.9 Å². The van der Waals surface area contributed by atoms with Gasteiger partial charge in [-0.25, -0.2) is 4.79 Å². The second-order valence-electron chi connectivity index (χ2n) is 6.98. The van der Waals surface area contributed by atoms with Crippen molar-refractivity contribution in [1.82, 2.24) is 0 Å². The highest BCUT2D eigenvalue weighted by atomic mass is 32.1. The molecule has 0 spiro atoms. The Bertz CT molecular complexity index is 827. The van der Waals surface area contributed by atoms with Crippen LogP contribution in [0.15, 0.2) is 30.3 Å². The van der Waals surface area contributed by atoms with Gasteiger partial charge in [-0.2, -0.15) is 0 Å². The van der Waals surface area contributed by atoms with E-state index in [-0.39, 0.29) is 23.7 Å². The van der Waals surface area contributed by atoms with Crippen LogP contribution in [0.4, 0.5) is 5.00 Å². The van der Waals surface area contributed by atoms with Crippen LogP contribution in [0.2, 0.25) is 0 Å². The quantitative estimate of drug-likeness (QED) is 0.787. The molecule has 1 N–H and O–H groups in total. The van der Waals surface area contributed by atoms with Crippen LogP contribution in [0.1, 0.15) is 58.5 Å². The third kappa shape index (κ3) is 3.28. The van der Waals surface area contributed by atoms with E-state index in [2.05, 4.69) is 17.4 Å². The first-order valence-electron chi connectivity index (χ1n) is 9.36. The summed E-state index contributed by atoms with van der Waals surface area (Å²) in [6, 6.07) is 10.2. The maximum absolute atomic E-state index is 12.7. The van der Waals surface area contributed by atoms with Crippen molar-refractivity contribution >= 4 is 28.2 Å². The van der Waals surface area contributed by atoms with E-state index in [4.69, 9.17) is 4.74 Å². The molecule has 1 aromatic carbocycles. The molecule has 1 heterocycles. The summed E-state index contributed by atoms with van der Waals surface area (Å²) in [5.41, 5.74) is 2.89. The average Bonchev–Trinajstić information content (AvgIpc) is 3.38. The van der Waals surface area contributed by atoms with Crippen LogP contribution >= 0.6 is 11.3 Å². The van der Waals surface area contributed by atoms with E-state index >= 15 is 0 Å². The fourth-order valence-electron chi connectivity index (χ4n) is 3.83. The number of aryl methyl sites for hydroxylation is 1. The summed E-state index contributed by atoms with van der Waals surface area (Å²) in [5.74, 6) is -0.0102. The minimum absolute atomic E-state index is 0.00780. The standard InChI is InChI=1S/C21H23NO3S/c1-2-25-21(24)18-14-10-6-7-11-17(14)26-20(18)22-19(23)16-12-15(16)13-8-4-3-5-9-13/h3-5,8-9,15-16H,2,6-7,10-12H2,1H3,(H,22,23). The van der Waals surface area contributed by atoms with E-state index in [0.29, 0.717) is 17.2 Å². The van der Waals surface area contributed by atoms with Crippen LogP contribution in [0, 0.1) is 5.92 Å². The zero-order chi connectivity index (χ0) is 18.1. The molecule has 1 fully saturated rings. The lowest BCUT2D eigenvalue weighted by Crippen LogP contribution is -2.17. The van der Waals surface area contributed by atoms with Crippen molar-refractivity contribution in [2.45, 2.75) is 44.9 Å². The van der Waals surface area contributed by atoms with Gasteiger partial charge in [0.1, 0.15) is 5.00 Å². The highest BCUT2D eigenvalue weighted by molar-refractivity contribution is 7.17. The zero-order valence-electron chi connectivity index (χ0n) is 14.9. The molecule has 0 radical (unpaired) electrons. The van der Waals surface area contributed by atoms with Crippen molar-refractivity contribution in [3.63, 3.8) is 0 Å². The van der Waals surface area contributed by atoms with E-state index in [1.165, 1.54) is 10.4 Å². The van der Waals surface area contributed by atoms with Crippen molar-refractivity contribution in [2.24, 2.45) is 5.92 Å². The van der Waals surface area contributed by atoms with Crippen LogP contribution in [0.5, 0.6) is 0 Å². The minimum atomic E-state index is -0.308. The molecule has 2 aliphatic carbocycles. The Morgan fingerprint density at radius 2 is 1.96 bits per heavy atom. The largest absolute Gasteiger partial charge is 0.462 e. The van der Waals surface area contributed by atoms with E-state index in [9.17, 15) is 9.59 Å². The molecule has 4 rings (SSSR count). The molecule has 0 saturated heterocycles. The number of ether oxygens (including phenoxy) is 1. The number of amides is 1. The summed E-state index contributed by atoms with van der Waals surface area (Å²) < 4.78 is 5.26. The number of nitrogens with one attached hydrogen (secondary N) is 1. The van der Waals surface area contributed by atoms with Gasteiger partial charge in [0.2, 0.25) is 5.91 Å². The lowest BCUT2D eigenvalue weighted by molar-refractivity contribution is -0.117. The Balaban J connectivity index is 1.54. The lowest BCUT2D eigenvalue weighted by Gasteiger charge is -2.12. The van der Waals surface area contributed by atoms with Crippen LogP contribution < -0.4 is 5.32 Å². The number of benzene rings is 1. The highest BCUT2D eigenvalue weighted by Gasteiger charge is 2.44. The van der Waals surface area contributed by atoms with Crippen molar-refractivity contribution in [3.05, 3.63) is 51.9 Å². The summed E-state index contributed by atoms with van der Waals surface area (Å²) >= 11 is 1.55. The molecule has 0 bridgehead atoms. The number of hydrogen-bond donors (Lipinski definition) is 1. The van der Waals surface area contributed by atoms with Crippen molar-refractivity contribution < 1.29 is 14.3 Å². The van der Waals surface area contributed by atoms with Gasteiger partial charge in [0.15, 0.2) is 0 Å². The van der Waals surface area contributed by atoms with Gasteiger partial charge in [0, 0.05) is 10.8 Å². The monoisotopic (exact) mass is 369 g/mol. The number of esters is 1. The first kappa shape index (κ1) is 17.3. The zero-order valence-corrected chi connectivity index (χ0v) is 15.7. The van der Waals surface area contributed by atoms with Gasteiger partial charge in [-0.3, -0.25) is 4.79 Å². The molecule has 26 heavy (non-hydrogen) atoms. The molecule has 4 nitrogen and oxygen atoms in total. The highest BCUT2D eigenvalue weighted by Crippen LogP contribution is 2.48. The van der Waals surface area contributed by atoms with Gasteiger partial charge in [-0.15, -0.1) is 11.3 Å². The summed E-state index contributed by atoms with van der Waals surface area (Å²) in [7, 11) is 0. The first-order chi connectivity index (χ1) is 12.7. The number of carbonyl (C=O) groups excluding carboxylic acids is 2. The third-order valence-corrected chi connectivity index (χ3v) is 6.45. The first-order valence-corrected chi connectivity index (χ1v) is 10.2. The number of fused-ring (bicyclic) bond motifs is 1. The molecule has 2 aromatic rings. The van der Waals surface area contributed by atoms with E-state index in [1.807, 2.05) is 25.1 Å². The molecular weight excluding hydrogens is 346 g/mol. The average molecular weight is 369 g/mol. The Morgan fingerprint density at radius 3 is 2.73 bits per heavy atom. The maximum atomic E-state index is 12.7. The second kappa shape index (κ2) is 7.23. The topological polar surface area (TPSA) is 55.4 Å². The number of anilines is 1. The fraction of sp³-hybridized carbons (Fsp3) is 0.429. The van der Waals surface area contributed by atoms with Gasteiger partial charge < -0.3 is 10.1 Å². The van der Waals surface area contributed by atoms with Crippen LogP contribution in [0.3, 0.4) is 0 Å². The molecule has 5 heteroatoms. The third-order valence-electron chi connectivity index (χ3n) is 5.24. The molecule has 136 valence electrons. The number of hydrogen-bond acceptors (Lipinski definition) is 4. The molecule has 1 amide bonds. The van der Waals surface area contributed by atoms with Crippen LogP contribution in [0.25, 0.3) is 0 Å². The SMILES string of the molecule is CCOC(=O)c1c(NC(=O)C2CC2c2ccccc2)sc2c1CCCC2. The Morgan fingerprint density at radius 1 is 1.19 bits per heavy atom. The fourth-order valence-corrected chi connectivity index (χ4v) is 5.11. The van der Waals surface area contributed by atoms with Crippen LogP contribution in [-0.2, 0) is 22.4 Å². The minimum Gasteiger partial charge on any atom is -0.462 e. The van der Waals surface area contributed by atoms with E-state index in [1.54, 1.807) is 11.3 Å². The molecule has 2 unspecified atom stereocenters. The predicted molar refractivity (Wildman–Crippen MR) is 103 cm³/mol. The van der Waals surface area contributed by atoms with Gasteiger partial charge in [-0.1, -0.05) is 30.3 Å². The molecule has 2 atom stereocenters. The molecule has 1 saturated carbocycles. The number of carbonyl (C=O) groups is 2. The second-order valence-corrected chi connectivity index (χ2v) is 8.09. The summed E-state index contributed by atoms with van der Waals surface area (Å²) in [6.45, 7) is 2.15. The van der Waals surface area contributed by atoms with Crippen LogP contribution in [-0.4, -0.2) is 18.5 Å². The molecule has 0 aliphatic heterocycles. The maximum Gasteiger partial charge on any atom is 0.341 e. The predicted octanol–water partition coefficient (Wildman–Crippen LogP) is 4.55. The van der Waals surface area contributed by atoms with Gasteiger partial charge in [-0.05, 0) is 56.1 Å².